The van der Waals surface area contributed by atoms with Gasteiger partial charge in [-0.1, -0.05) is 36.4 Å². The molecule has 0 aliphatic rings. The van der Waals surface area contributed by atoms with Gasteiger partial charge in [0, 0.05) is 19.2 Å². The van der Waals surface area contributed by atoms with Crippen LogP contribution in [0.25, 0.3) is 0 Å². The van der Waals surface area contributed by atoms with E-state index in [0.717, 1.165) is 16.7 Å². The van der Waals surface area contributed by atoms with E-state index in [1.807, 2.05) is 48.9 Å². The predicted octanol–water partition coefficient (Wildman–Crippen LogP) is 3.54. The summed E-state index contributed by atoms with van der Waals surface area (Å²) in [5.41, 5.74) is 3.61. The highest BCUT2D eigenvalue weighted by atomic mass is 32.2. The second-order valence-corrected chi connectivity index (χ2v) is 9.73. The van der Waals surface area contributed by atoms with Gasteiger partial charge in [0.25, 0.3) is 0 Å². The second-order valence-electron chi connectivity index (χ2n) is 8.32. The van der Waals surface area contributed by atoms with Crippen molar-refractivity contribution in [2.45, 2.75) is 26.3 Å². The first-order valence-corrected chi connectivity index (χ1v) is 12.7. The van der Waals surface area contributed by atoms with Gasteiger partial charge >= 0.3 is 16.2 Å². The number of amides is 3. The number of nitrogens with one attached hydrogen (secondary N) is 3. The number of rotatable bonds is 9. The maximum absolute atomic E-state index is 13.4. The molecule has 9 nitrogen and oxygen atoms in total. The van der Waals surface area contributed by atoms with Crippen LogP contribution < -0.4 is 24.4 Å². The number of benzene rings is 3. The van der Waals surface area contributed by atoms with Gasteiger partial charge < -0.3 is 15.0 Å². The van der Waals surface area contributed by atoms with Crippen LogP contribution >= 0.6 is 0 Å². The molecule has 36 heavy (non-hydrogen) atoms. The average Bonchev–Trinajstić information content (AvgIpc) is 2.85. The zero-order chi connectivity index (χ0) is 26.3. The lowest BCUT2D eigenvalue weighted by molar-refractivity contribution is -0.120. The highest BCUT2D eigenvalue weighted by molar-refractivity contribution is 7.91. The quantitative estimate of drug-likeness (QED) is 0.407. The minimum Gasteiger partial charge on any atom is -0.497 e. The summed E-state index contributed by atoms with van der Waals surface area (Å²) in [5.74, 6) is 0.220. The van der Waals surface area contributed by atoms with Crippen molar-refractivity contribution in [1.29, 1.82) is 0 Å². The predicted molar refractivity (Wildman–Crippen MR) is 140 cm³/mol. The number of aryl methyl sites for hydroxylation is 2. The summed E-state index contributed by atoms with van der Waals surface area (Å²) in [7, 11) is -1.11. The van der Waals surface area contributed by atoms with Crippen molar-refractivity contribution in [1.82, 2.24) is 10.0 Å². The number of nitrogens with zero attached hydrogens (tertiary/aromatic N) is 1. The monoisotopic (exact) mass is 510 g/mol. The molecule has 3 rings (SSSR count). The SMILES string of the molecule is COc1ccc(N(C)C(=O)C(Cc2ccccc2)NC(=O)NS(=O)(=O)Nc2ccc(C)c(C)c2)cc1. The summed E-state index contributed by atoms with van der Waals surface area (Å²) in [6.07, 6.45) is 0.165. The van der Waals surface area contributed by atoms with Crippen LogP contribution in [0.2, 0.25) is 0 Å². The van der Waals surface area contributed by atoms with Crippen LogP contribution in [0, 0.1) is 13.8 Å². The molecule has 3 aromatic carbocycles. The molecular formula is C26H30N4O5S. The lowest BCUT2D eigenvalue weighted by Crippen LogP contribution is -2.53. The molecular weight excluding hydrogens is 480 g/mol. The van der Waals surface area contributed by atoms with Crippen LogP contribution in [0.3, 0.4) is 0 Å². The van der Waals surface area contributed by atoms with Gasteiger partial charge in [-0.25, -0.2) is 9.52 Å². The van der Waals surface area contributed by atoms with Gasteiger partial charge in [-0.3, -0.25) is 9.52 Å². The van der Waals surface area contributed by atoms with Crippen LogP contribution in [0.15, 0.2) is 72.8 Å². The molecule has 1 atom stereocenters. The molecule has 0 aliphatic carbocycles. The third-order valence-electron chi connectivity index (χ3n) is 5.66. The molecule has 3 aromatic rings. The number of ether oxygens (including phenoxy) is 1. The maximum Gasteiger partial charge on any atom is 0.330 e. The largest absolute Gasteiger partial charge is 0.497 e. The third kappa shape index (κ3) is 7.22. The van der Waals surface area contributed by atoms with E-state index in [-0.39, 0.29) is 6.42 Å². The van der Waals surface area contributed by atoms with E-state index in [0.29, 0.717) is 17.1 Å². The van der Waals surface area contributed by atoms with E-state index in [2.05, 4.69) is 10.0 Å². The van der Waals surface area contributed by atoms with Crippen molar-refractivity contribution in [2.75, 3.05) is 23.8 Å². The summed E-state index contributed by atoms with van der Waals surface area (Å²) in [4.78, 5) is 27.4. The normalized spacial score (nSPS) is 11.8. The van der Waals surface area contributed by atoms with E-state index >= 15 is 0 Å². The summed E-state index contributed by atoms with van der Waals surface area (Å²) in [5, 5.41) is 2.52. The number of hydrogen-bond acceptors (Lipinski definition) is 5. The molecule has 0 spiro atoms. The first-order chi connectivity index (χ1) is 17.1. The Morgan fingerprint density at radius 3 is 2.22 bits per heavy atom. The fraction of sp³-hybridized carbons (Fsp3) is 0.231. The molecule has 3 N–H and O–H groups in total. The molecule has 0 aliphatic heterocycles. The molecule has 0 saturated heterocycles. The topological polar surface area (TPSA) is 117 Å². The molecule has 0 saturated carbocycles. The van der Waals surface area contributed by atoms with Crippen molar-refractivity contribution in [3.05, 3.63) is 89.5 Å². The van der Waals surface area contributed by atoms with E-state index in [9.17, 15) is 18.0 Å². The van der Waals surface area contributed by atoms with Crippen LogP contribution in [0.4, 0.5) is 16.2 Å². The highest BCUT2D eigenvalue weighted by Crippen LogP contribution is 2.20. The van der Waals surface area contributed by atoms with Crippen LogP contribution in [-0.4, -0.2) is 40.6 Å². The first kappa shape index (κ1) is 26.6. The van der Waals surface area contributed by atoms with Crippen molar-refractivity contribution < 1.29 is 22.7 Å². The Morgan fingerprint density at radius 2 is 1.61 bits per heavy atom. The second kappa shape index (κ2) is 11.6. The molecule has 0 bridgehead atoms. The number of likely N-dealkylation sites (N-methyl/N-ethyl adjacent to an activating group) is 1. The lowest BCUT2D eigenvalue weighted by Gasteiger charge is -2.25. The molecule has 0 fully saturated rings. The maximum atomic E-state index is 13.4. The minimum absolute atomic E-state index is 0.165. The molecule has 0 aromatic heterocycles. The Bertz CT molecular complexity index is 1310. The fourth-order valence-electron chi connectivity index (χ4n) is 3.51. The van der Waals surface area contributed by atoms with Crippen molar-refractivity contribution in [2.24, 2.45) is 0 Å². The number of anilines is 2. The van der Waals surface area contributed by atoms with Gasteiger partial charge in [-0.15, -0.1) is 0 Å². The summed E-state index contributed by atoms with van der Waals surface area (Å²) < 4.78 is 34.5. The first-order valence-electron chi connectivity index (χ1n) is 11.2. The van der Waals surface area contributed by atoms with Gasteiger partial charge in [-0.05, 0) is 66.9 Å². The lowest BCUT2D eigenvalue weighted by atomic mass is 10.0. The number of methoxy groups -OCH3 is 1. The zero-order valence-electron chi connectivity index (χ0n) is 20.6. The van der Waals surface area contributed by atoms with E-state index in [1.54, 1.807) is 56.6 Å². The summed E-state index contributed by atoms with van der Waals surface area (Å²) >= 11 is 0. The number of carbonyl (C=O) groups excluding carboxylic acids is 2. The molecule has 0 heterocycles. The van der Waals surface area contributed by atoms with Gasteiger partial charge in [0.05, 0.1) is 12.8 Å². The standard InChI is InChI=1S/C26H30N4O5S/c1-18-10-11-21(16-19(18)2)28-36(33,34)29-26(32)27-24(17-20-8-6-5-7-9-20)25(31)30(3)22-12-14-23(35-4)15-13-22/h5-16,24,28H,17H2,1-4H3,(H2,27,29,32). The van der Waals surface area contributed by atoms with Gasteiger partial charge in [0.2, 0.25) is 5.91 Å². The Hall–Kier alpha value is -4.05. The Kier molecular flexibility index (Phi) is 8.55. The van der Waals surface area contributed by atoms with Crippen molar-refractivity contribution >= 4 is 33.5 Å². The average molecular weight is 511 g/mol. The van der Waals surface area contributed by atoms with Crippen LogP contribution in [0.5, 0.6) is 5.75 Å². The zero-order valence-corrected chi connectivity index (χ0v) is 21.4. The van der Waals surface area contributed by atoms with E-state index in [4.69, 9.17) is 4.74 Å². The molecule has 0 radical (unpaired) electrons. The smallest absolute Gasteiger partial charge is 0.330 e. The number of hydrogen-bond donors (Lipinski definition) is 3. The Morgan fingerprint density at radius 1 is 0.944 bits per heavy atom. The fourth-order valence-corrected chi connectivity index (χ4v) is 4.30. The van der Waals surface area contributed by atoms with E-state index in [1.165, 1.54) is 4.90 Å². The van der Waals surface area contributed by atoms with E-state index < -0.39 is 28.2 Å². The highest BCUT2D eigenvalue weighted by Gasteiger charge is 2.27. The van der Waals surface area contributed by atoms with Gasteiger partial charge in [-0.2, -0.15) is 8.42 Å². The van der Waals surface area contributed by atoms with Gasteiger partial charge in [0.15, 0.2) is 0 Å². The van der Waals surface area contributed by atoms with Crippen molar-refractivity contribution in [3.8, 4) is 5.75 Å². The van der Waals surface area contributed by atoms with Gasteiger partial charge in [0.1, 0.15) is 11.8 Å². The van der Waals surface area contributed by atoms with Crippen LogP contribution in [0.1, 0.15) is 16.7 Å². The Labute approximate surface area is 211 Å². The van der Waals surface area contributed by atoms with Crippen LogP contribution in [-0.2, 0) is 21.4 Å². The summed E-state index contributed by atoms with van der Waals surface area (Å²) in [6.45, 7) is 3.76. The number of urea groups is 1. The molecule has 10 heteroatoms. The molecule has 190 valence electrons. The molecule has 1 unspecified atom stereocenters. The molecule has 3 amide bonds. The minimum atomic E-state index is -4.24. The summed E-state index contributed by atoms with van der Waals surface area (Å²) in [6, 6.07) is 19.0. The van der Waals surface area contributed by atoms with Crippen molar-refractivity contribution in [3.63, 3.8) is 0 Å². The third-order valence-corrected chi connectivity index (χ3v) is 6.62. The number of carbonyl (C=O) groups is 2. The Balaban J connectivity index is 1.75.